The van der Waals surface area contributed by atoms with Gasteiger partial charge in [0.05, 0.1) is 13.7 Å². The van der Waals surface area contributed by atoms with E-state index in [1.165, 1.54) is 0 Å². The van der Waals surface area contributed by atoms with E-state index in [2.05, 4.69) is 15.6 Å². The van der Waals surface area contributed by atoms with Crippen molar-refractivity contribution in [3.8, 4) is 5.75 Å². The van der Waals surface area contributed by atoms with Crippen LogP contribution in [-0.2, 0) is 6.42 Å². The summed E-state index contributed by atoms with van der Waals surface area (Å²) in [7, 11) is 1.65. The molecule has 2 N–H and O–H groups in total. The van der Waals surface area contributed by atoms with Crippen molar-refractivity contribution in [3.63, 3.8) is 0 Å². The van der Waals surface area contributed by atoms with Gasteiger partial charge in [0.15, 0.2) is 5.17 Å². The van der Waals surface area contributed by atoms with Gasteiger partial charge in [-0.15, -0.1) is 0 Å². The van der Waals surface area contributed by atoms with Crippen molar-refractivity contribution < 1.29 is 9.53 Å². The fraction of sp³-hybridized carbons (Fsp3) is 0.385. The molecule has 2 amide bonds. The Hall–Kier alpha value is -1.69. The summed E-state index contributed by atoms with van der Waals surface area (Å²) in [6.45, 7) is 1.34. The van der Waals surface area contributed by atoms with Gasteiger partial charge in [0.2, 0.25) is 0 Å². The summed E-state index contributed by atoms with van der Waals surface area (Å²) in [4.78, 5) is 15.8. The summed E-state index contributed by atoms with van der Waals surface area (Å²) < 4.78 is 5.26. The van der Waals surface area contributed by atoms with E-state index in [-0.39, 0.29) is 6.03 Å². The van der Waals surface area contributed by atoms with E-state index < -0.39 is 0 Å². The van der Waals surface area contributed by atoms with Crippen molar-refractivity contribution in [2.75, 3.05) is 26.0 Å². The minimum Gasteiger partial charge on any atom is -0.496 e. The quantitative estimate of drug-likeness (QED) is 0.880. The first-order chi connectivity index (χ1) is 9.29. The lowest BCUT2D eigenvalue weighted by molar-refractivity contribution is 0.245. The monoisotopic (exact) mass is 279 g/mol. The number of carbonyl (C=O) groups excluding carboxylic acids is 1. The van der Waals surface area contributed by atoms with E-state index in [1.807, 2.05) is 24.3 Å². The van der Waals surface area contributed by atoms with E-state index in [4.69, 9.17) is 4.74 Å². The Morgan fingerprint density at radius 3 is 3.05 bits per heavy atom. The van der Waals surface area contributed by atoms with E-state index >= 15 is 0 Å². The van der Waals surface area contributed by atoms with Gasteiger partial charge in [-0.2, -0.15) is 0 Å². The highest BCUT2D eigenvalue weighted by Crippen LogP contribution is 2.17. The number of benzene rings is 1. The molecule has 2 rings (SSSR count). The van der Waals surface area contributed by atoms with Crippen LogP contribution in [-0.4, -0.2) is 37.2 Å². The summed E-state index contributed by atoms with van der Waals surface area (Å²) >= 11 is 1.56. The van der Waals surface area contributed by atoms with Gasteiger partial charge >= 0.3 is 6.03 Å². The third-order valence-corrected chi connectivity index (χ3v) is 3.57. The van der Waals surface area contributed by atoms with E-state index in [9.17, 15) is 4.79 Å². The third kappa shape index (κ3) is 4.17. The molecular weight excluding hydrogens is 262 g/mol. The highest BCUT2D eigenvalue weighted by Gasteiger charge is 2.10. The Morgan fingerprint density at radius 1 is 1.47 bits per heavy atom. The predicted octanol–water partition coefficient (Wildman–Crippen LogP) is 1.64. The van der Waals surface area contributed by atoms with Crippen LogP contribution in [0, 0.1) is 0 Å². The topological polar surface area (TPSA) is 62.7 Å². The molecule has 1 aromatic carbocycles. The third-order valence-electron chi connectivity index (χ3n) is 2.68. The van der Waals surface area contributed by atoms with E-state index in [1.54, 1.807) is 18.9 Å². The number of aliphatic imine (C=N–C) groups is 1. The summed E-state index contributed by atoms with van der Waals surface area (Å²) in [5, 5.41) is 6.24. The molecule has 1 aliphatic heterocycles. The van der Waals surface area contributed by atoms with Gasteiger partial charge in [-0.1, -0.05) is 30.0 Å². The van der Waals surface area contributed by atoms with Gasteiger partial charge in [-0.3, -0.25) is 10.3 Å². The van der Waals surface area contributed by atoms with Crippen molar-refractivity contribution in [1.82, 2.24) is 10.6 Å². The number of nitrogens with one attached hydrogen (secondary N) is 2. The number of methoxy groups -OCH3 is 1. The van der Waals surface area contributed by atoms with Gasteiger partial charge in [-0.25, -0.2) is 4.79 Å². The van der Waals surface area contributed by atoms with Crippen molar-refractivity contribution in [2.45, 2.75) is 6.42 Å². The fourth-order valence-electron chi connectivity index (χ4n) is 1.77. The maximum absolute atomic E-state index is 11.6. The Balaban J connectivity index is 1.75. The molecule has 0 aromatic heterocycles. The number of para-hydroxylation sites is 1. The number of nitrogens with zero attached hydrogens (tertiary/aromatic N) is 1. The zero-order valence-electron chi connectivity index (χ0n) is 10.8. The summed E-state index contributed by atoms with van der Waals surface area (Å²) in [6.07, 6.45) is 0.733. The molecule has 0 saturated carbocycles. The number of hydrogen-bond acceptors (Lipinski definition) is 4. The van der Waals surface area contributed by atoms with Crippen molar-refractivity contribution >= 4 is 23.0 Å². The van der Waals surface area contributed by atoms with Crippen LogP contribution in [0.25, 0.3) is 0 Å². The van der Waals surface area contributed by atoms with Gasteiger partial charge in [0, 0.05) is 12.3 Å². The summed E-state index contributed by atoms with van der Waals surface area (Å²) in [6, 6.07) is 7.59. The molecule has 1 aliphatic rings. The average molecular weight is 279 g/mol. The first kappa shape index (κ1) is 13.7. The lowest BCUT2D eigenvalue weighted by atomic mass is 10.1. The highest BCUT2D eigenvalue weighted by atomic mass is 32.2. The van der Waals surface area contributed by atoms with Crippen LogP contribution < -0.4 is 15.4 Å². The molecule has 0 unspecified atom stereocenters. The standard InChI is InChI=1S/C13H17N3O2S/c1-18-11-5-3-2-4-10(11)6-7-14-12(17)16-13-15-8-9-19-13/h2-5H,6-9H2,1H3,(H2,14,15,16,17). The minimum atomic E-state index is -0.206. The van der Waals surface area contributed by atoms with Crippen molar-refractivity contribution in [1.29, 1.82) is 0 Å². The van der Waals surface area contributed by atoms with Gasteiger partial charge in [0.25, 0.3) is 0 Å². The molecule has 0 radical (unpaired) electrons. The van der Waals surface area contributed by atoms with Crippen LogP contribution in [0.5, 0.6) is 5.75 Å². The highest BCUT2D eigenvalue weighted by molar-refractivity contribution is 8.14. The SMILES string of the molecule is COc1ccccc1CCNC(=O)NC1=NCCS1. The van der Waals surface area contributed by atoms with Crippen LogP contribution in [0.15, 0.2) is 29.3 Å². The average Bonchev–Trinajstić information content (AvgIpc) is 2.92. The lowest BCUT2D eigenvalue weighted by Gasteiger charge is -2.09. The molecule has 0 aliphatic carbocycles. The molecule has 19 heavy (non-hydrogen) atoms. The van der Waals surface area contributed by atoms with Gasteiger partial charge in [-0.05, 0) is 18.1 Å². The normalized spacial score (nSPS) is 13.8. The van der Waals surface area contributed by atoms with Crippen molar-refractivity contribution in [3.05, 3.63) is 29.8 Å². The molecule has 5 nitrogen and oxygen atoms in total. The summed E-state index contributed by atoms with van der Waals surface area (Å²) in [5.74, 6) is 1.79. The van der Waals surface area contributed by atoms with Crippen LogP contribution >= 0.6 is 11.8 Å². The Bertz CT molecular complexity index is 477. The van der Waals surface area contributed by atoms with E-state index in [0.717, 1.165) is 30.0 Å². The number of ether oxygens (including phenoxy) is 1. The van der Waals surface area contributed by atoms with Crippen LogP contribution in [0.3, 0.4) is 0 Å². The second-order valence-corrected chi connectivity index (χ2v) is 5.06. The zero-order valence-corrected chi connectivity index (χ0v) is 11.6. The molecule has 1 aromatic rings. The summed E-state index contributed by atoms with van der Waals surface area (Å²) in [5.41, 5.74) is 1.08. The number of amides is 2. The maximum Gasteiger partial charge on any atom is 0.320 e. The Kier molecular flexibility index (Phi) is 5.09. The number of carbonyl (C=O) groups is 1. The van der Waals surface area contributed by atoms with Crippen LogP contribution in [0.1, 0.15) is 5.56 Å². The van der Waals surface area contributed by atoms with Crippen molar-refractivity contribution in [2.24, 2.45) is 4.99 Å². The number of hydrogen-bond donors (Lipinski definition) is 2. The molecule has 0 fully saturated rings. The minimum absolute atomic E-state index is 0.206. The second kappa shape index (κ2) is 7.04. The first-order valence-electron chi connectivity index (χ1n) is 6.13. The largest absolute Gasteiger partial charge is 0.496 e. The number of urea groups is 1. The molecular formula is C13H17N3O2S. The molecule has 1 heterocycles. The number of amidine groups is 1. The molecule has 0 bridgehead atoms. The molecule has 0 atom stereocenters. The second-order valence-electron chi connectivity index (χ2n) is 3.98. The van der Waals surface area contributed by atoms with Crippen LogP contribution in [0.4, 0.5) is 4.79 Å². The van der Waals surface area contributed by atoms with Gasteiger partial charge < -0.3 is 10.1 Å². The smallest absolute Gasteiger partial charge is 0.320 e. The molecule has 0 saturated heterocycles. The van der Waals surface area contributed by atoms with Gasteiger partial charge in [0.1, 0.15) is 5.75 Å². The molecule has 6 heteroatoms. The predicted molar refractivity (Wildman–Crippen MR) is 78.0 cm³/mol. The zero-order chi connectivity index (χ0) is 13.5. The Labute approximate surface area is 116 Å². The number of rotatable bonds is 4. The maximum atomic E-state index is 11.6. The molecule has 102 valence electrons. The first-order valence-corrected chi connectivity index (χ1v) is 7.12. The van der Waals surface area contributed by atoms with Crippen LogP contribution in [0.2, 0.25) is 0 Å². The Morgan fingerprint density at radius 2 is 2.32 bits per heavy atom. The number of thioether (sulfide) groups is 1. The molecule has 0 spiro atoms. The fourth-order valence-corrected chi connectivity index (χ4v) is 2.50. The lowest BCUT2D eigenvalue weighted by Crippen LogP contribution is -2.38. The van der Waals surface area contributed by atoms with E-state index in [0.29, 0.717) is 11.7 Å².